The van der Waals surface area contributed by atoms with E-state index in [0.717, 1.165) is 12.3 Å². The Bertz CT molecular complexity index is 1370. The lowest BCUT2D eigenvalue weighted by Crippen LogP contribution is -2.20. The zero-order valence-electron chi connectivity index (χ0n) is 18.2. The van der Waals surface area contributed by atoms with Crippen LogP contribution in [-0.2, 0) is 6.18 Å². The third-order valence-corrected chi connectivity index (χ3v) is 4.79. The Hall–Kier alpha value is -4.61. The lowest BCUT2D eigenvalue weighted by atomic mass is 10.2. The van der Waals surface area contributed by atoms with Crippen LogP contribution in [0.15, 0.2) is 85.8 Å². The Labute approximate surface area is 200 Å². The summed E-state index contributed by atoms with van der Waals surface area (Å²) in [7, 11) is 0. The lowest BCUT2D eigenvalue weighted by Gasteiger charge is -2.14. The predicted molar refractivity (Wildman–Crippen MR) is 120 cm³/mol. The van der Waals surface area contributed by atoms with Crippen LogP contribution >= 0.6 is 0 Å². The number of amides is 1. The first-order chi connectivity index (χ1) is 17.1. The van der Waals surface area contributed by atoms with Crippen molar-refractivity contribution in [1.29, 1.82) is 0 Å². The van der Waals surface area contributed by atoms with Gasteiger partial charge in [0.1, 0.15) is 17.1 Å². The van der Waals surface area contributed by atoms with E-state index in [1.807, 2.05) is 0 Å². The molecule has 3 aromatic heterocycles. The summed E-state index contributed by atoms with van der Waals surface area (Å²) >= 11 is 0. The zero-order chi connectivity index (χ0) is 25.9. The molecule has 0 atom stereocenters. The summed E-state index contributed by atoms with van der Waals surface area (Å²) in [6.07, 6.45) is -3.94. The number of pyridine rings is 2. The number of rotatable bonds is 7. The molecule has 0 radical (unpaired) electrons. The van der Waals surface area contributed by atoms with Crippen molar-refractivity contribution in [3.8, 4) is 22.7 Å². The summed E-state index contributed by atoms with van der Waals surface area (Å²) in [6.45, 7) is 2.97. The molecule has 7 nitrogen and oxygen atoms in total. The summed E-state index contributed by atoms with van der Waals surface area (Å²) in [6, 6.07) is 11.7. The zero-order valence-corrected chi connectivity index (χ0v) is 18.2. The summed E-state index contributed by atoms with van der Waals surface area (Å²) in [5.41, 5.74) is -0.410. The molecule has 0 bridgehead atoms. The van der Waals surface area contributed by atoms with Crippen molar-refractivity contribution in [1.82, 2.24) is 19.7 Å². The summed E-state index contributed by atoms with van der Waals surface area (Å²) in [5.74, 6) is -0.815. The molecule has 0 unspecified atom stereocenters. The van der Waals surface area contributed by atoms with Gasteiger partial charge in [-0.3, -0.25) is 9.78 Å². The molecule has 0 spiro atoms. The molecule has 0 fully saturated rings. The standard InChI is InChI=1S/C24H16F5N5O2/c1-2-23(25,26)36-18-8-5-16(6-9-18)32-22(35)19-10-7-17(14-31-19)34-21(24(27,28)29)12-20(33-34)15-4-3-11-30-13-15/h2-14H,1H2,(H,32,35). The van der Waals surface area contributed by atoms with Gasteiger partial charge in [-0.05, 0) is 54.6 Å². The number of carbonyl (C=O) groups excluding carboxylic acids is 1. The van der Waals surface area contributed by atoms with Gasteiger partial charge in [0, 0.05) is 29.7 Å². The van der Waals surface area contributed by atoms with Crippen LogP contribution in [0, 0.1) is 0 Å². The minimum absolute atomic E-state index is 0.0151. The molecule has 0 saturated heterocycles. The van der Waals surface area contributed by atoms with Crippen molar-refractivity contribution < 1.29 is 31.5 Å². The molecule has 0 aliphatic heterocycles. The smallest absolute Gasteiger partial charge is 0.429 e. The number of nitrogens with zero attached hydrogens (tertiary/aromatic N) is 4. The minimum atomic E-state index is -4.70. The number of ether oxygens (including phenoxy) is 1. The van der Waals surface area contributed by atoms with Crippen molar-refractivity contribution in [3.05, 3.63) is 97.2 Å². The van der Waals surface area contributed by atoms with Crippen LogP contribution in [0.2, 0.25) is 0 Å². The van der Waals surface area contributed by atoms with Gasteiger partial charge in [0.2, 0.25) is 0 Å². The van der Waals surface area contributed by atoms with Crippen molar-refractivity contribution in [2.75, 3.05) is 5.32 Å². The Morgan fingerprint density at radius 3 is 2.36 bits per heavy atom. The fourth-order valence-electron chi connectivity index (χ4n) is 3.08. The first-order valence-corrected chi connectivity index (χ1v) is 10.2. The Balaban J connectivity index is 1.52. The van der Waals surface area contributed by atoms with Gasteiger partial charge in [-0.2, -0.15) is 27.1 Å². The fourth-order valence-corrected chi connectivity index (χ4v) is 3.08. The number of aromatic nitrogens is 4. The summed E-state index contributed by atoms with van der Waals surface area (Å²) in [4.78, 5) is 20.3. The number of anilines is 1. The highest BCUT2D eigenvalue weighted by Gasteiger charge is 2.36. The number of benzene rings is 1. The lowest BCUT2D eigenvalue weighted by molar-refractivity contribution is -0.142. The molecule has 0 aliphatic carbocycles. The monoisotopic (exact) mass is 501 g/mol. The van der Waals surface area contributed by atoms with Gasteiger partial charge in [0.05, 0.1) is 17.6 Å². The van der Waals surface area contributed by atoms with E-state index in [0.29, 0.717) is 16.3 Å². The molecule has 4 rings (SSSR count). The molecule has 0 saturated carbocycles. The van der Waals surface area contributed by atoms with Crippen LogP contribution in [0.25, 0.3) is 16.9 Å². The molecule has 4 aromatic rings. The average molecular weight is 501 g/mol. The van der Waals surface area contributed by atoms with Gasteiger partial charge in [-0.25, -0.2) is 9.67 Å². The Morgan fingerprint density at radius 1 is 1.03 bits per heavy atom. The van der Waals surface area contributed by atoms with Crippen LogP contribution in [0.4, 0.5) is 27.6 Å². The molecule has 0 aliphatic rings. The van der Waals surface area contributed by atoms with Gasteiger partial charge >= 0.3 is 12.3 Å². The van der Waals surface area contributed by atoms with Gasteiger partial charge in [-0.1, -0.05) is 6.58 Å². The van der Waals surface area contributed by atoms with Crippen LogP contribution in [0.3, 0.4) is 0 Å². The van der Waals surface area contributed by atoms with Crippen molar-refractivity contribution in [2.24, 2.45) is 0 Å². The normalized spacial score (nSPS) is 11.7. The second-order valence-electron chi connectivity index (χ2n) is 7.31. The maximum Gasteiger partial charge on any atom is 0.433 e. The SMILES string of the molecule is C=CC(F)(F)Oc1ccc(NC(=O)c2ccc(-n3nc(-c4cccnc4)cc3C(F)(F)F)cn2)cc1. The van der Waals surface area contributed by atoms with E-state index in [-0.39, 0.29) is 28.5 Å². The maximum atomic E-state index is 13.6. The van der Waals surface area contributed by atoms with Gasteiger partial charge in [0.25, 0.3) is 5.91 Å². The molecule has 1 amide bonds. The maximum absolute atomic E-state index is 13.6. The third-order valence-electron chi connectivity index (χ3n) is 4.79. The number of halogens is 5. The molecule has 1 N–H and O–H groups in total. The second kappa shape index (κ2) is 9.56. The number of alkyl halides is 5. The van der Waals surface area contributed by atoms with Crippen LogP contribution in [0.5, 0.6) is 5.75 Å². The fraction of sp³-hybridized carbons (Fsp3) is 0.0833. The van der Waals surface area contributed by atoms with E-state index >= 15 is 0 Å². The molecular weight excluding hydrogens is 485 g/mol. The number of nitrogens with one attached hydrogen (secondary N) is 1. The minimum Gasteiger partial charge on any atom is -0.429 e. The van der Waals surface area contributed by atoms with Crippen LogP contribution in [0.1, 0.15) is 16.2 Å². The first-order valence-electron chi connectivity index (χ1n) is 10.2. The highest BCUT2D eigenvalue weighted by molar-refractivity contribution is 6.02. The predicted octanol–water partition coefficient (Wildman–Crippen LogP) is 5.76. The molecule has 12 heteroatoms. The Kier molecular flexibility index (Phi) is 6.51. The second-order valence-corrected chi connectivity index (χ2v) is 7.31. The van der Waals surface area contributed by atoms with Crippen LogP contribution < -0.4 is 10.1 Å². The highest BCUT2D eigenvalue weighted by atomic mass is 19.4. The van der Waals surface area contributed by atoms with E-state index in [4.69, 9.17) is 0 Å². The van der Waals surface area contributed by atoms with E-state index in [1.54, 1.807) is 12.1 Å². The summed E-state index contributed by atoms with van der Waals surface area (Å²) in [5, 5.41) is 6.55. The highest BCUT2D eigenvalue weighted by Crippen LogP contribution is 2.34. The van der Waals surface area contributed by atoms with E-state index in [1.165, 1.54) is 48.8 Å². The number of hydrogen-bond acceptors (Lipinski definition) is 5. The van der Waals surface area contributed by atoms with Gasteiger partial charge < -0.3 is 10.1 Å². The molecule has 36 heavy (non-hydrogen) atoms. The van der Waals surface area contributed by atoms with E-state index in [2.05, 4.69) is 31.7 Å². The molecule has 184 valence electrons. The molecule has 1 aromatic carbocycles. The largest absolute Gasteiger partial charge is 0.433 e. The van der Waals surface area contributed by atoms with Crippen LogP contribution in [-0.4, -0.2) is 31.8 Å². The number of hydrogen-bond donors (Lipinski definition) is 1. The topological polar surface area (TPSA) is 81.9 Å². The average Bonchev–Trinajstić information content (AvgIpc) is 3.32. The molecule has 3 heterocycles. The van der Waals surface area contributed by atoms with E-state index < -0.39 is 23.9 Å². The third kappa shape index (κ3) is 5.54. The van der Waals surface area contributed by atoms with Gasteiger partial charge in [0.15, 0.2) is 0 Å². The van der Waals surface area contributed by atoms with Crippen molar-refractivity contribution in [3.63, 3.8) is 0 Å². The number of carbonyl (C=O) groups is 1. The summed E-state index contributed by atoms with van der Waals surface area (Å²) < 4.78 is 72.5. The van der Waals surface area contributed by atoms with Crippen molar-refractivity contribution in [2.45, 2.75) is 12.3 Å². The van der Waals surface area contributed by atoms with Crippen molar-refractivity contribution >= 4 is 11.6 Å². The molecular formula is C24H16F5N5O2. The quantitative estimate of drug-likeness (QED) is 0.257. The first kappa shape index (κ1) is 24.5. The van der Waals surface area contributed by atoms with E-state index in [9.17, 15) is 26.7 Å². The van der Waals surface area contributed by atoms with Gasteiger partial charge in [-0.15, -0.1) is 0 Å². The Morgan fingerprint density at radius 2 is 1.78 bits per heavy atom.